The molecule has 1 aliphatic heterocycles. The average molecular weight is 412 g/mol. The molecule has 2 amide bonds. The zero-order valence-electron chi connectivity index (χ0n) is 16.3. The molecule has 2 N–H and O–H groups in total. The van der Waals surface area contributed by atoms with Crippen molar-refractivity contribution in [2.24, 2.45) is 0 Å². The van der Waals surface area contributed by atoms with Crippen LogP contribution >= 0.6 is 11.6 Å². The standard InChI is InChI=1S/C23H26ClN3O2/c24-20-9-6-19(7-10-20)17-27-14-12-21(13-15-27)26-23(29)16-25-22(28)11-8-18-4-2-1-3-5-18/h1-11,21H,12-17H2,(H,25,28)(H,26,29)/b11-8+. The van der Waals surface area contributed by atoms with Crippen molar-refractivity contribution in [3.8, 4) is 0 Å². The van der Waals surface area contributed by atoms with E-state index in [1.165, 1.54) is 11.6 Å². The number of likely N-dealkylation sites (tertiary alicyclic amines) is 1. The maximum Gasteiger partial charge on any atom is 0.244 e. The Balaban J connectivity index is 1.33. The number of rotatable bonds is 7. The van der Waals surface area contributed by atoms with E-state index in [2.05, 4.69) is 15.5 Å². The number of halogens is 1. The van der Waals surface area contributed by atoms with Gasteiger partial charge in [0.25, 0.3) is 0 Å². The molecular weight excluding hydrogens is 386 g/mol. The Labute approximate surface area is 176 Å². The summed E-state index contributed by atoms with van der Waals surface area (Å²) in [6, 6.07) is 17.6. The highest BCUT2D eigenvalue weighted by atomic mass is 35.5. The van der Waals surface area contributed by atoms with Gasteiger partial charge in [-0.2, -0.15) is 0 Å². The molecule has 29 heavy (non-hydrogen) atoms. The normalized spacial score (nSPS) is 15.3. The summed E-state index contributed by atoms with van der Waals surface area (Å²) >= 11 is 5.93. The summed E-state index contributed by atoms with van der Waals surface area (Å²) in [6.45, 7) is 2.74. The highest BCUT2D eigenvalue weighted by molar-refractivity contribution is 6.30. The van der Waals surface area contributed by atoms with E-state index in [9.17, 15) is 9.59 Å². The molecule has 0 aliphatic carbocycles. The Kier molecular flexibility index (Phi) is 7.85. The van der Waals surface area contributed by atoms with Crippen molar-refractivity contribution in [2.75, 3.05) is 19.6 Å². The molecule has 1 heterocycles. The zero-order valence-corrected chi connectivity index (χ0v) is 17.1. The topological polar surface area (TPSA) is 61.4 Å². The highest BCUT2D eigenvalue weighted by Crippen LogP contribution is 2.15. The molecule has 2 aromatic carbocycles. The van der Waals surface area contributed by atoms with E-state index < -0.39 is 0 Å². The third-order valence-corrected chi connectivity index (χ3v) is 5.17. The summed E-state index contributed by atoms with van der Waals surface area (Å²) in [5.41, 5.74) is 2.18. The van der Waals surface area contributed by atoms with Crippen LogP contribution in [0.2, 0.25) is 5.02 Å². The van der Waals surface area contributed by atoms with Gasteiger partial charge < -0.3 is 10.6 Å². The highest BCUT2D eigenvalue weighted by Gasteiger charge is 2.20. The van der Waals surface area contributed by atoms with Crippen molar-refractivity contribution < 1.29 is 9.59 Å². The number of hydrogen-bond donors (Lipinski definition) is 2. The van der Waals surface area contributed by atoms with Crippen LogP contribution < -0.4 is 10.6 Å². The van der Waals surface area contributed by atoms with Crippen LogP contribution in [0.4, 0.5) is 0 Å². The Bertz CT molecular complexity index is 829. The summed E-state index contributed by atoms with van der Waals surface area (Å²) in [4.78, 5) is 26.4. The second-order valence-corrected chi connectivity index (χ2v) is 7.64. The largest absolute Gasteiger partial charge is 0.352 e. The van der Waals surface area contributed by atoms with Gasteiger partial charge in [0, 0.05) is 36.8 Å². The van der Waals surface area contributed by atoms with Gasteiger partial charge >= 0.3 is 0 Å². The predicted molar refractivity (Wildman–Crippen MR) is 116 cm³/mol. The number of benzene rings is 2. The molecule has 152 valence electrons. The number of carbonyl (C=O) groups excluding carboxylic acids is 2. The van der Waals surface area contributed by atoms with E-state index in [-0.39, 0.29) is 24.4 Å². The molecule has 0 aromatic heterocycles. The van der Waals surface area contributed by atoms with E-state index >= 15 is 0 Å². The Morgan fingerprint density at radius 2 is 1.72 bits per heavy atom. The Hall–Kier alpha value is -2.63. The third-order valence-electron chi connectivity index (χ3n) is 4.92. The molecule has 0 bridgehead atoms. The van der Waals surface area contributed by atoms with Gasteiger partial charge in [-0.3, -0.25) is 14.5 Å². The fraction of sp³-hybridized carbons (Fsp3) is 0.304. The van der Waals surface area contributed by atoms with Crippen molar-refractivity contribution in [1.82, 2.24) is 15.5 Å². The molecule has 6 heteroatoms. The molecule has 1 saturated heterocycles. The molecule has 0 unspecified atom stereocenters. The van der Waals surface area contributed by atoms with E-state index in [1.807, 2.05) is 54.6 Å². The van der Waals surface area contributed by atoms with Crippen molar-refractivity contribution in [3.05, 3.63) is 76.8 Å². The van der Waals surface area contributed by atoms with Gasteiger partial charge in [-0.15, -0.1) is 0 Å². The van der Waals surface area contributed by atoms with Crippen LogP contribution in [0.15, 0.2) is 60.7 Å². The van der Waals surface area contributed by atoms with E-state index in [0.717, 1.165) is 43.1 Å². The minimum Gasteiger partial charge on any atom is -0.352 e. The second-order valence-electron chi connectivity index (χ2n) is 7.21. The van der Waals surface area contributed by atoms with Gasteiger partial charge in [0.1, 0.15) is 0 Å². The molecule has 1 aliphatic rings. The van der Waals surface area contributed by atoms with Crippen LogP contribution in [0.5, 0.6) is 0 Å². The van der Waals surface area contributed by atoms with Crippen LogP contribution in [0.1, 0.15) is 24.0 Å². The summed E-state index contributed by atoms with van der Waals surface area (Å²) < 4.78 is 0. The quantitative estimate of drug-likeness (QED) is 0.687. The minimum atomic E-state index is -0.276. The molecule has 5 nitrogen and oxygen atoms in total. The third kappa shape index (κ3) is 7.37. The molecule has 0 atom stereocenters. The summed E-state index contributed by atoms with van der Waals surface area (Å²) in [6.07, 6.45) is 4.98. The van der Waals surface area contributed by atoms with Gasteiger partial charge in [-0.05, 0) is 42.2 Å². The summed E-state index contributed by atoms with van der Waals surface area (Å²) in [5, 5.41) is 6.40. The number of nitrogens with one attached hydrogen (secondary N) is 2. The first-order valence-corrected chi connectivity index (χ1v) is 10.2. The maximum absolute atomic E-state index is 12.1. The number of carbonyl (C=O) groups is 2. The SMILES string of the molecule is O=C(/C=C/c1ccccc1)NCC(=O)NC1CCN(Cc2ccc(Cl)cc2)CC1. The van der Waals surface area contributed by atoms with Crippen molar-refractivity contribution >= 4 is 29.5 Å². The fourth-order valence-corrected chi connectivity index (χ4v) is 3.45. The monoisotopic (exact) mass is 411 g/mol. The van der Waals surface area contributed by atoms with Crippen molar-refractivity contribution in [2.45, 2.75) is 25.4 Å². The summed E-state index contributed by atoms with van der Waals surface area (Å²) in [5.74, 6) is -0.426. The first-order chi connectivity index (χ1) is 14.1. The molecule has 0 radical (unpaired) electrons. The Morgan fingerprint density at radius 1 is 1.03 bits per heavy atom. The number of hydrogen-bond acceptors (Lipinski definition) is 3. The maximum atomic E-state index is 12.1. The average Bonchev–Trinajstić information content (AvgIpc) is 2.74. The van der Waals surface area contributed by atoms with E-state index in [0.29, 0.717) is 0 Å². The number of nitrogens with zero attached hydrogens (tertiary/aromatic N) is 1. The Morgan fingerprint density at radius 3 is 2.41 bits per heavy atom. The molecule has 0 saturated carbocycles. The lowest BCUT2D eigenvalue weighted by Gasteiger charge is -2.32. The molecule has 1 fully saturated rings. The first kappa shape index (κ1) is 21.1. The van der Waals surface area contributed by atoms with Crippen LogP contribution in [0.3, 0.4) is 0 Å². The second kappa shape index (κ2) is 10.8. The smallest absolute Gasteiger partial charge is 0.244 e. The number of piperidine rings is 1. The number of amides is 2. The van der Waals surface area contributed by atoms with Crippen molar-refractivity contribution in [1.29, 1.82) is 0 Å². The van der Waals surface area contributed by atoms with Gasteiger partial charge in [0.15, 0.2) is 0 Å². The van der Waals surface area contributed by atoms with E-state index in [1.54, 1.807) is 6.08 Å². The van der Waals surface area contributed by atoms with Gasteiger partial charge in [0.2, 0.25) is 11.8 Å². The zero-order chi connectivity index (χ0) is 20.5. The molecule has 2 aromatic rings. The van der Waals surface area contributed by atoms with E-state index in [4.69, 9.17) is 11.6 Å². The van der Waals surface area contributed by atoms with Gasteiger partial charge in [-0.25, -0.2) is 0 Å². The van der Waals surface area contributed by atoms with Crippen LogP contribution in [0.25, 0.3) is 6.08 Å². The van der Waals surface area contributed by atoms with Crippen molar-refractivity contribution in [3.63, 3.8) is 0 Å². The molecule has 3 rings (SSSR count). The predicted octanol–water partition coefficient (Wildman–Crippen LogP) is 3.25. The lowest BCUT2D eigenvalue weighted by atomic mass is 10.0. The van der Waals surface area contributed by atoms with Crippen LogP contribution in [-0.2, 0) is 16.1 Å². The van der Waals surface area contributed by atoms with Gasteiger partial charge in [0.05, 0.1) is 6.54 Å². The first-order valence-electron chi connectivity index (χ1n) is 9.85. The summed E-state index contributed by atoms with van der Waals surface area (Å²) in [7, 11) is 0. The molecule has 0 spiro atoms. The molecular formula is C23H26ClN3O2. The van der Waals surface area contributed by atoms with Gasteiger partial charge in [-0.1, -0.05) is 54.1 Å². The van der Waals surface area contributed by atoms with Crippen LogP contribution in [0, 0.1) is 0 Å². The lowest BCUT2D eigenvalue weighted by molar-refractivity contribution is -0.124. The van der Waals surface area contributed by atoms with Crippen LogP contribution in [-0.4, -0.2) is 42.4 Å². The minimum absolute atomic E-state index is 0.0110. The lowest BCUT2D eigenvalue weighted by Crippen LogP contribution is -2.47. The fourth-order valence-electron chi connectivity index (χ4n) is 3.32.